The van der Waals surface area contributed by atoms with E-state index in [2.05, 4.69) is 5.32 Å². The molecule has 0 saturated carbocycles. The predicted molar refractivity (Wildman–Crippen MR) is 76.5 cm³/mol. The molecule has 0 heterocycles. The number of alkyl halides is 1. The Kier molecular flexibility index (Phi) is 6.65. The lowest BCUT2D eigenvalue weighted by Gasteiger charge is -2.02. The number of halogens is 5. The molecule has 0 bridgehead atoms. The Morgan fingerprint density at radius 1 is 0.909 bits per heavy atom. The van der Waals surface area contributed by atoms with Crippen LogP contribution in [0.15, 0.2) is 36.4 Å². The molecule has 8 heteroatoms. The molecular formula is C14H11ClF4N2O. The van der Waals surface area contributed by atoms with Crippen molar-refractivity contribution in [2.75, 3.05) is 16.9 Å². The first-order valence-corrected chi connectivity index (χ1v) is 6.37. The van der Waals surface area contributed by atoms with Gasteiger partial charge in [0.15, 0.2) is 0 Å². The number of nitrogen functional groups attached to an aromatic ring is 1. The largest absolute Gasteiger partial charge is 0.399 e. The summed E-state index contributed by atoms with van der Waals surface area (Å²) in [6.45, 7) is 0. The number of rotatable bonds is 2. The van der Waals surface area contributed by atoms with Gasteiger partial charge in [-0.1, -0.05) is 0 Å². The van der Waals surface area contributed by atoms with Crippen LogP contribution in [0.2, 0.25) is 0 Å². The number of hydrogen-bond donors (Lipinski definition) is 2. The average Bonchev–Trinajstić information content (AvgIpc) is 2.36. The highest BCUT2D eigenvalue weighted by Gasteiger charge is 2.03. The SMILES string of the molecule is Nc1cc(F)cc(F)c1.O=C(CCl)Nc1cc(F)cc(F)c1. The first-order chi connectivity index (χ1) is 10.3. The van der Waals surface area contributed by atoms with Gasteiger partial charge in [-0.05, 0) is 24.3 Å². The van der Waals surface area contributed by atoms with E-state index in [-0.39, 0.29) is 17.3 Å². The summed E-state index contributed by atoms with van der Waals surface area (Å²) in [5.41, 5.74) is 5.24. The molecule has 22 heavy (non-hydrogen) atoms. The average molecular weight is 335 g/mol. The van der Waals surface area contributed by atoms with Crippen molar-refractivity contribution in [3.05, 3.63) is 59.7 Å². The fraction of sp³-hybridized carbons (Fsp3) is 0.0714. The summed E-state index contributed by atoms with van der Waals surface area (Å²) in [6, 6.07) is 5.62. The molecule has 0 atom stereocenters. The first kappa shape index (κ1) is 17.8. The molecule has 0 aliphatic heterocycles. The second-order valence-electron chi connectivity index (χ2n) is 4.04. The molecule has 0 spiro atoms. The number of benzene rings is 2. The molecule has 118 valence electrons. The van der Waals surface area contributed by atoms with Crippen LogP contribution in [0.5, 0.6) is 0 Å². The van der Waals surface area contributed by atoms with Crippen LogP contribution in [-0.4, -0.2) is 11.8 Å². The van der Waals surface area contributed by atoms with Gasteiger partial charge in [-0.3, -0.25) is 4.79 Å². The zero-order chi connectivity index (χ0) is 16.7. The van der Waals surface area contributed by atoms with Crippen molar-refractivity contribution in [1.82, 2.24) is 0 Å². The van der Waals surface area contributed by atoms with Crippen molar-refractivity contribution in [2.24, 2.45) is 0 Å². The lowest BCUT2D eigenvalue weighted by Crippen LogP contribution is -2.12. The van der Waals surface area contributed by atoms with E-state index >= 15 is 0 Å². The smallest absolute Gasteiger partial charge is 0.239 e. The van der Waals surface area contributed by atoms with Gasteiger partial charge in [0.05, 0.1) is 0 Å². The number of nitrogens with two attached hydrogens (primary N) is 1. The van der Waals surface area contributed by atoms with Crippen molar-refractivity contribution in [1.29, 1.82) is 0 Å². The first-order valence-electron chi connectivity index (χ1n) is 5.83. The van der Waals surface area contributed by atoms with Gasteiger partial charge in [0, 0.05) is 23.5 Å². The molecule has 1 amide bonds. The van der Waals surface area contributed by atoms with Crippen LogP contribution in [0.3, 0.4) is 0 Å². The third-order valence-corrected chi connectivity index (χ3v) is 2.40. The second-order valence-corrected chi connectivity index (χ2v) is 4.31. The van der Waals surface area contributed by atoms with Crippen molar-refractivity contribution < 1.29 is 22.4 Å². The van der Waals surface area contributed by atoms with E-state index in [1.165, 1.54) is 0 Å². The molecule has 0 unspecified atom stereocenters. The van der Waals surface area contributed by atoms with E-state index in [4.69, 9.17) is 17.3 Å². The quantitative estimate of drug-likeness (QED) is 0.500. The monoisotopic (exact) mass is 334 g/mol. The number of carbonyl (C=O) groups is 1. The Bertz CT molecular complexity index is 597. The van der Waals surface area contributed by atoms with E-state index in [1.54, 1.807) is 0 Å². The summed E-state index contributed by atoms with van der Waals surface area (Å²) in [6.07, 6.45) is 0. The summed E-state index contributed by atoms with van der Waals surface area (Å²) in [4.78, 5) is 10.7. The minimum atomic E-state index is -0.745. The van der Waals surface area contributed by atoms with Crippen molar-refractivity contribution >= 4 is 28.9 Å². The number of amides is 1. The highest BCUT2D eigenvalue weighted by molar-refractivity contribution is 6.29. The molecule has 3 nitrogen and oxygen atoms in total. The fourth-order valence-corrected chi connectivity index (χ4v) is 1.46. The number of anilines is 2. The lowest BCUT2D eigenvalue weighted by atomic mass is 10.3. The van der Waals surface area contributed by atoms with Crippen LogP contribution in [0.1, 0.15) is 0 Å². The minimum Gasteiger partial charge on any atom is -0.399 e. The van der Waals surface area contributed by atoms with Crippen molar-refractivity contribution in [3.8, 4) is 0 Å². The van der Waals surface area contributed by atoms with Gasteiger partial charge in [0.1, 0.15) is 29.1 Å². The van der Waals surface area contributed by atoms with E-state index in [1.807, 2.05) is 0 Å². The van der Waals surface area contributed by atoms with Gasteiger partial charge in [-0.2, -0.15) is 0 Å². The van der Waals surface area contributed by atoms with Crippen molar-refractivity contribution in [3.63, 3.8) is 0 Å². The third-order valence-electron chi connectivity index (χ3n) is 2.15. The van der Waals surface area contributed by atoms with Crippen LogP contribution >= 0.6 is 11.6 Å². The van der Waals surface area contributed by atoms with Crippen LogP contribution in [0.4, 0.5) is 28.9 Å². The standard InChI is InChI=1S/C8H6ClF2NO.C6H5F2N/c9-4-8(13)12-7-2-5(10)1-6(11)3-7;7-4-1-5(8)3-6(9)2-4/h1-3H,4H2,(H,12,13);1-3H,9H2. The maximum Gasteiger partial charge on any atom is 0.239 e. The topological polar surface area (TPSA) is 55.1 Å². The second kappa shape index (κ2) is 8.23. The Morgan fingerprint density at radius 2 is 1.32 bits per heavy atom. The zero-order valence-corrected chi connectivity index (χ0v) is 11.8. The van der Waals surface area contributed by atoms with Crippen LogP contribution in [-0.2, 0) is 4.79 Å². The number of nitrogens with one attached hydrogen (secondary N) is 1. The Hall–Kier alpha value is -2.28. The molecular weight excluding hydrogens is 324 g/mol. The number of hydrogen-bond acceptors (Lipinski definition) is 2. The van der Waals surface area contributed by atoms with Crippen LogP contribution in [0.25, 0.3) is 0 Å². The summed E-state index contributed by atoms with van der Waals surface area (Å²) in [5.74, 6) is -3.54. The van der Waals surface area contributed by atoms with Gasteiger partial charge < -0.3 is 11.1 Å². The summed E-state index contributed by atoms with van der Waals surface area (Å²) in [5, 5.41) is 2.22. The third kappa shape index (κ3) is 6.45. The van der Waals surface area contributed by atoms with Crippen LogP contribution < -0.4 is 11.1 Å². The Labute approximate surface area is 128 Å². The number of carbonyl (C=O) groups excluding carboxylic acids is 1. The van der Waals surface area contributed by atoms with Gasteiger partial charge >= 0.3 is 0 Å². The summed E-state index contributed by atoms with van der Waals surface area (Å²) in [7, 11) is 0. The summed E-state index contributed by atoms with van der Waals surface area (Å²) >= 11 is 5.18. The van der Waals surface area contributed by atoms with Gasteiger partial charge in [0.25, 0.3) is 0 Å². The van der Waals surface area contributed by atoms with E-state index < -0.39 is 29.2 Å². The molecule has 0 aliphatic rings. The molecule has 2 aromatic carbocycles. The summed E-state index contributed by atoms with van der Waals surface area (Å²) < 4.78 is 49.3. The van der Waals surface area contributed by atoms with Gasteiger partial charge in [0.2, 0.25) is 5.91 Å². The molecule has 2 aromatic rings. The lowest BCUT2D eigenvalue weighted by molar-refractivity contribution is -0.113. The van der Waals surface area contributed by atoms with E-state index in [0.717, 1.165) is 36.4 Å². The minimum absolute atomic E-state index is 0.0585. The maximum absolute atomic E-state index is 12.6. The molecule has 0 aromatic heterocycles. The highest BCUT2D eigenvalue weighted by atomic mass is 35.5. The Morgan fingerprint density at radius 3 is 1.68 bits per heavy atom. The molecule has 2 rings (SSSR count). The molecule has 0 aliphatic carbocycles. The fourth-order valence-electron chi connectivity index (χ4n) is 1.40. The molecule has 3 N–H and O–H groups in total. The van der Waals surface area contributed by atoms with Crippen LogP contribution in [0, 0.1) is 23.3 Å². The van der Waals surface area contributed by atoms with E-state index in [9.17, 15) is 22.4 Å². The van der Waals surface area contributed by atoms with Gasteiger partial charge in [-0.15, -0.1) is 11.6 Å². The molecule has 0 radical (unpaired) electrons. The van der Waals surface area contributed by atoms with Gasteiger partial charge in [-0.25, -0.2) is 17.6 Å². The zero-order valence-electron chi connectivity index (χ0n) is 11.0. The Balaban J connectivity index is 0.000000235. The predicted octanol–water partition coefficient (Wildman–Crippen LogP) is 3.69. The maximum atomic E-state index is 12.6. The molecule has 0 saturated heterocycles. The normalized spacial score (nSPS) is 9.68. The highest BCUT2D eigenvalue weighted by Crippen LogP contribution is 2.12. The van der Waals surface area contributed by atoms with Crippen molar-refractivity contribution in [2.45, 2.75) is 0 Å². The molecule has 0 fully saturated rings. The van der Waals surface area contributed by atoms with E-state index in [0.29, 0.717) is 0 Å².